The first-order valence-electron chi connectivity index (χ1n) is 14.5. The molecule has 0 unspecified atom stereocenters. The van der Waals surface area contributed by atoms with E-state index in [0.29, 0.717) is 57.0 Å². The van der Waals surface area contributed by atoms with Crippen LogP contribution in [0.1, 0.15) is 40.9 Å². The van der Waals surface area contributed by atoms with Crippen molar-refractivity contribution in [1.82, 2.24) is 4.98 Å². The predicted molar refractivity (Wildman–Crippen MR) is 169 cm³/mol. The zero-order chi connectivity index (χ0) is 32.8. The van der Waals surface area contributed by atoms with Gasteiger partial charge in [-0.05, 0) is 36.4 Å². The van der Waals surface area contributed by atoms with Crippen LogP contribution < -0.4 is 23.8 Å². The molecule has 11 nitrogen and oxygen atoms in total. The van der Waals surface area contributed by atoms with E-state index >= 15 is 0 Å². The Morgan fingerprint density at radius 3 is 2.46 bits per heavy atom. The van der Waals surface area contributed by atoms with Crippen LogP contribution in [0.2, 0.25) is 5.02 Å². The number of nitrogens with zero attached hydrogens (tertiary/aromatic N) is 2. The van der Waals surface area contributed by atoms with E-state index in [1.54, 1.807) is 63.7 Å². The lowest BCUT2D eigenvalue weighted by Crippen LogP contribution is -2.40. The van der Waals surface area contributed by atoms with Gasteiger partial charge in [0.2, 0.25) is 0 Å². The number of para-hydroxylation sites is 1. The van der Waals surface area contributed by atoms with Crippen LogP contribution in [0.4, 0.5) is 5.69 Å². The van der Waals surface area contributed by atoms with Gasteiger partial charge in [-0.2, -0.15) is 0 Å². The summed E-state index contributed by atoms with van der Waals surface area (Å²) in [6.45, 7) is 0.151. The molecule has 0 saturated heterocycles. The van der Waals surface area contributed by atoms with E-state index in [0.717, 1.165) is 5.56 Å². The molecule has 5 rings (SSSR count). The Morgan fingerprint density at radius 1 is 0.935 bits per heavy atom. The van der Waals surface area contributed by atoms with Gasteiger partial charge in [0.25, 0.3) is 5.91 Å². The summed E-state index contributed by atoms with van der Waals surface area (Å²) >= 11 is 6.56. The van der Waals surface area contributed by atoms with Crippen LogP contribution in [0.5, 0.6) is 23.0 Å². The number of aromatic nitrogens is 1. The fourth-order valence-corrected chi connectivity index (χ4v) is 5.60. The molecule has 0 aliphatic carbocycles. The molecule has 1 aromatic heterocycles. The number of rotatable bonds is 12. The molecule has 242 valence electrons. The van der Waals surface area contributed by atoms with Crippen LogP contribution in [0.25, 0.3) is 0 Å². The summed E-state index contributed by atoms with van der Waals surface area (Å²) < 4.78 is 39.8. The number of carbonyl (C=O) groups excluding carboxylic acids is 2. The van der Waals surface area contributed by atoms with Crippen molar-refractivity contribution in [3.8, 4) is 23.0 Å². The van der Waals surface area contributed by atoms with Gasteiger partial charge >= 0.3 is 5.97 Å². The smallest absolute Gasteiger partial charge is 0.305 e. The summed E-state index contributed by atoms with van der Waals surface area (Å²) in [5.74, 6) is 2.20. The van der Waals surface area contributed by atoms with Gasteiger partial charge in [0, 0.05) is 34.2 Å². The number of halogens is 1. The van der Waals surface area contributed by atoms with Gasteiger partial charge in [0.05, 0.1) is 66.8 Å². The summed E-state index contributed by atoms with van der Waals surface area (Å²) in [4.78, 5) is 32.2. The molecule has 0 N–H and O–H groups in total. The number of ether oxygens (including phenoxy) is 6. The van der Waals surface area contributed by atoms with Gasteiger partial charge in [-0.1, -0.05) is 23.7 Å². The normalized spacial score (nSPS) is 16.0. The van der Waals surface area contributed by atoms with Crippen molar-refractivity contribution >= 4 is 29.2 Å². The van der Waals surface area contributed by atoms with Crippen molar-refractivity contribution in [2.45, 2.75) is 38.0 Å². The number of oxazole rings is 1. The molecule has 46 heavy (non-hydrogen) atoms. The zero-order valence-electron chi connectivity index (χ0n) is 26.2. The van der Waals surface area contributed by atoms with Gasteiger partial charge in [0.15, 0.2) is 17.4 Å². The first-order valence-corrected chi connectivity index (χ1v) is 14.9. The lowest BCUT2D eigenvalue weighted by molar-refractivity contribution is -0.140. The summed E-state index contributed by atoms with van der Waals surface area (Å²) in [7, 11) is 7.57. The number of hydrogen-bond donors (Lipinski definition) is 0. The standard InChI is InChI=1S/C34H35ClN2O9/c1-40-22-11-9-20(28(16-22)42-3)19-37-26-13-10-21(35)15-25(26)32(24-7-6-8-27(41-2)33(24)44-5)46-29(34(37)39)17-30-36-18-23(45-30)12-14-31(38)43-4/h6-11,13,15-16,18,29,32H,12,14,17,19H2,1-5H3/t29-,32-/m1/s1. The van der Waals surface area contributed by atoms with E-state index in [1.165, 1.54) is 13.3 Å². The van der Waals surface area contributed by atoms with Crippen LogP contribution in [-0.4, -0.2) is 58.5 Å². The zero-order valence-corrected chi connectivity index (χ0v) is 27.0. The van der Waals surface area contributed by atoms with E-state index < -0.39 is 12.2 Å². The van der Waals surface area contributed by atoms with E-state index in [2.05, 4.69) is 4.98 Å². The lowest BCUT2D eigenvalue weighted by atomic mass is 9.97. The van der Waals surface area contributed by atoms with Crippen molar-refractivity contribution in [3.05, 3.63) is 94.2 Å². The van der Waals surface area contributed by atoms with E-state index in [-0.39, 0.29) is 37.2 Å². The Labute approximate surface area is 271 Å². The van der Waals surface area contributed by atoms with Crippen molar-refractivity contribution < 1.29 is 42.4 Å². The average molecular weight is 651 g/mol. The van der Waals surface area contributed by atoms with Crippen molar-refractivity contribution in [2.75, 3.05) is 40.4 Å². The lowest BCUT2D eigenvalue weighted by Gasteiger charge is -2.26. The maximum Gasteiger partial charge on any atom is 0.305 e. The minimum Gasteiger partial charge on any atom is -0.497 e. The van der Waals surface area contributed by atoms with Crippen LogP contribution in [0, 0.1) is 0 Å². The van der Waals surface area contributed by atoms with Crippen molar-refractivity contribution in [2.24, 2.45) is 0 Å². The fourth-order valence-electron chi connectivity index (χ4n) is 5.42. The minimum atomic E-state index is -1.05. The van der Waals surface area contributed by atoms with Crippen LogP contribution in [-0.2, 0) is 38.4 Å². The van der Waals surface area contributed by atoms with Gasteiger partial charge in [-0.15, -0.1) is 0 Å². The number of carbonyl (C=O) groups is 2. The third kappa shape index (κ3) is 6.90. The number of amides is 1. The molecule has 12 heteroatoms. The first kappa shape index (κ1) is 32.6. The Balaban J connectivity index is 1.61. The maximum atomic E-state index is 14.6. The Morgan fingerprint density at radius 2 is 1.74 bits per heavy atom. The second kappa shape index (κ2) is 14.6. The van der Waals surface area contributed by atoms with Crippen LogP contribution in [0.15, 0.2) is 65.2 Å². The van der Waals surface area contributed by atoms with Crippen molar-refractivity contribution in [3.63, 3.8) is 0 Å². The summed E-state index contributed by atoms with van der Waals surface area (Å²) in [6.07, 6.45) is 0.132. The highest BCUT2D eigenvalue weighted by Crippen LogP contribution is 2.45. The molecular weight excluding hydrogens is 616 g/mol. The monoisotopic (exact) mass is 650 g/mol. The number of benzene rings is 3. The second-order valence-corrected chi connectivity index (χ2v) is 10.8. The number of esters is 1. The van der Waals surface area contributed by atoms with Crippen LogP contribution in [0.3, 0.4) is 0 Å². The summed E-state index contributed by atoms with van der Waals surface area (Å²) in [6, 6.07) is 16.2. The molecule has 0 saturated carbocycles. The third-order valence-corrected chi connectivity index (χ3v) is 7.94. The Hall–Kier alpha value is -4.74. The molecule has 3 aromatic carbocycles. The number of anilines is 1. The van der Waals surface area contributed by atoms with E-state index in [4.69, 9.17) is 44.4 Å². The molecule has 1 aliphatic rings. The van der Waals surface area contributed by atoms with Crippen molar-refractivity contribution in [1.29, 1.82) is 0 Å². The minimum absolute atomic E-state index is 0.0117. The number of fused-ring (bicyclic) bond motifs is 1. The molecule has 2 heterocycles. The highest BCUT2D eigenvalue weighted by molar-refractivity contribution is 6.30. The van der Waals surface area contributed by atoms with Gasteiger partial charge < -0.3 is 37.7 Å². The highest BCUT2D eigenvalue weighted by Gasteiger charge is 2.39. The Bertz CT molecular complexity index is 1710. The quantitative estimate of drug-likeness (QED) is 0.176. The van der Waals surface area contributed by atoms with E-state index in [1.807, 2.05) is 24.3 Å². The summed E-state index contributed by atoms with van der Waals surface area (Å²) in [5.41, 5.74) is 2.62. The molecule has 2 atom stereocenters. The van der Waals surface area contributed by atoms with E-state index in [9.17, 15) is 9.59 Å². The SMILES string of the molecule is COC(=O)CCc1cnc(C[C@H]2O[C@H](c3cccc(OC)c3OC)c3cc(Cl)ccc3N(Cc3ccc(OC)cc3OC)C2=O)o1. The maximum absolute atomic E-state index is 14.6. The largest absolute Gasteiger partial charge is 0.497 e. The number of hydrogen-bond acceptors (Lipinski definition) is 10. The topological polar surface area (TPSA) is 119 Å². The van der Waals surface area contributed by atoms with Gasteiger partial charge in [-0.3, -0.25) is 9.59 Å². The van der Waals surface area contributed by atoms with Gasteiger partial charge in [-0.25, -0.2) is 4.98 Å². The summed E-state index contributed by atoms with van der Waals surface area (Å²) in [5, 5.41) is 0.463. The number of aryl methyl sites for hydroxylation is 1. The molecule has 1 aliphatic heterocycles. The molecule has 0 spiro atoms. The van der Waals surface area contributed by atoms with Gasteiger partial charge in [0.1, 0.15) is 29.5 Å². The molecule has 1 amide bonds. The molecule has 0 fully saturated rings. The number of methoxy groups -OCH3 is 5. The molecule has 4 aromatic rings. The second-order valence-electron chi connectivity index (χ2n) is 10.4. The predicted octanol–water partition coefficient (Wildman–Crippen LogP) is 5.73. The molecular formula is C34H35ClN2O9. The highest BCUT2D eigenvalue weighted by atomic mass is 35.5. The average Bonchev–Trinajstić information content (AvgIpc) is 3.50. The Kier molecular flexibility index (Phi) is 10.3. The third-order valence-electron chi connectivity index (χ3n) is 7.71. The fraction of sp³-hybridized carbons (Fsp3) is 0.324. The molecule has 0 bridgehead atoms. The molecule has 0 radical (unpaired) electrons. The van der Waals surface area contributed by atoms with Crippen LogP contribution >= 0.6 is 11.6 Å². The first-order chi connectivity index (χ1) is 22.3.